The average molecular weight is 341 g/mol. The molecule has 2 atom stereocenters. The SMILES string of the molecule is CS[C@@H]1CCCCN(C(=O)Nc2ccccc2C[S@@](C)=O)C1. The largest absolute Gasteiger partial charge is 0.323 e. The number of para-hydroxylation sites is 1. The fraction of sp³-hybridized carbons (Fsp3) is 0.562. The fourth-order valence-electron chi connectivity index (χ4n) is 2.66. The summed E-state index contributed by atoms with van der Waals surface area (Å²) in [6.45, 7) is 1.61. The van der Waals surface area contributed by atoms with Crippen LogP contribution in [0, 0.1) is 0 Å². The summed E-state index contributed by atoms with van der Waals surface area (Å²) >= 11 is 1.84. The molecule has 0 saturated carbocycles. The molecule has 122 valence electrons. The minimum atomic E-state index is -0.925. The zero-order valence-electron chi connectivity index (χ0n) is 13.2. The molecule has 6 heteroatoms. The number of carbonyl (C=O) groups is 1. The highest BCUT2D eigenvalue weighted by molar-refractivity contribution is 7.99. The molecule has 0 unspecified atom stereocenters. The third-order valence-corrected chi connectivity index (χ3v) is 5.64. The molecule has 1 aromatic rings. The molecule has 0 radical (unpaired) electrons. The topological polar surface area (TPSA) is 49.4 Å². The lowest BCUT2D eigenvalue weighted by molar-refractivity contribution is 0.214. The van der Waals surface area contributed by atoms with E-state index in [-0.39, 0.29) is 6.03 Å². The van der Waals surface area contributed by atoms with Crippen LogP contribution in [0.5, 0.6) is 0 Å². The van der Waals surface area contributed by atoms with Crippen LogP contribution in [0.3, 0.4) is 0 Å². The van der Waals surface area contributed by atoms with E-state index in [0.29, 0.717) is 11.0 Å². The van der Waals surface area contributed by atoms with Crippen LogP contribution in [0.25, 0.3) is 0 Å². The van der Waals surface area contributed by atoms with Crippen LogP contribution in [0.4, 0.5) is 10.5 Å². The van der Waals surface area contributed by atoms with Crippen LogP contribution in [0.1, 0.15) is 24.8 Å². The van der Waals surface area contributed by atoms with Gasteiger partial charge in [0.15, 0.2) is 0 Å². The van der Waals surface area contributed by atoms with Crippen LogP contribution in [0.15, 0.2) is 24.3 Å². The summed E-state index contributed by atoms with van der Waals surface area (Å²) in [5.41, 5.74) is 1.69. The maximum atomic E-state index is 12.5. The molecule has 1 fully saturated rings. The van der Waals surface area contributed by atoms with E-state index in [1.807, 2.05) is 40.9 Å². The molecule has 0 aliphatic carbocycles. The summed E-state index contributed by atoms with van der Waals surface area (Å²) in [5, 5.41) is 3.52. The molecular weight excluding hydrogens is 316 g/mol. The third kappa shape index (κ3) is 5.02. The highest BCUT2D eigenvalue weighted by Crippen LogP contribution is 2.22. The van der Waals surface area contributed by atoms with Crippen LogP contribution in [-0.4, -0.2) is 46.0 Å². The number of rotatable bonds is 4. The van der Waals surface area contributed by atoms with Gasteiger partial charge < -0.3 is 10.2 Å². The number of nitrogens with zero attached hydrogens (tertiary/aromatic N) is 1. The Kier molecular flexibility index (Phi) is 6.76. The molecule has 1 N–H and O–H groups in total. The minimum Gasteiger partial charge on any atom is -0.323 e. The van der Waals surface area contributed by atoms with E-state index in [9.17, 15) is 9.00 Å². The first-order valence-corrected chi connectivity index (χ1v) is 10.6. The summed E-state index contributed by atoms with van der Waals surface area (Å²) in [7, 11) is -0.925. The van der Waals surface area contributed by atoms with Gasteiger partial charge in [-0.25, -0.2) is 4.79 Å². The highest BCUT2D eigenvalue weighted by atomic mass is 32.2. The first-order chi connectivity index (χ1) is 10.6. The summed E-state index contributed by atoms with van der Waals surface area (Å²) in [6, 6.07) is 7.56. The lowest BCUT2D eigenvalue weighted by Crippen LogP contribution is -2.38. The van der Waals surface area contributed by atoms with Gasteiger partial charge in [-0.3, -0.25) is 4.21 Å². The van der Waals surface area contributed by atoms with Gasteiger partial charge in [-0.15, -0.1) is 0 Å². The maximum absolute atomic E-state index is 12.5. The van der Waals surface area contributed by atoms with E-state index in [2.05, 4.69) is 11.6 Å². The van der Waals surface area contributed by atoms with Gasteiger partial charge in [0.1, 0.15) is 0 Å². The van der Waals surface area contributed by atoms with Crippen molar-refractivity contribution in [2.75, 3.05) is 30.9 Å². The van der Waals surface area contributed by atoms with Crippen LogP contribution in [0.2, 0.25) is 0 Å². The third-order valence-electron chi connectivity index (χ3n) is 3.87. The molecule has 1 heterocycles. The van der Waals surface area contributed by atoms with Gasteiger partial charge in [0.05, 0.1) is 5.75 Å². The number of hydrogen-bond acceptors (Lipinski definition) is 3. The molecule has 0 bridgehead atoms. The number of urea groups is 1. The van der Waals surface area contributed by atoms with E-state index in [4.69, 9.17) is 0 Å². The summed E-state index contributed by atoms with van der Waals surface area (Å²) in [5.74, 6) is 0.462. The second kappa shape index (κ2) is 8.58. The molecule has 2 amide bonds. The predicted octanol–water partition coefficient (Wildman–Crippen LogP) is 3.31. The molecule has 0 spiro atoms. The second-order valence-corrected chi connectivity index (χ2v) is 8.18. The molecule has 2 rings (SSSR count). The van der Waals surface area contributed by atoms with E-state index in [1.165, 1.54) is 12.8 Å². The van der Waals surface area contributed by atoms with Crippen molar-refractivity contribution >= 4 is 34.3 Å². The van der Waals surface area contributed by atoms with Crippen LogP contribution in [-0.2, 0) is 16.6 Å². The second-order valence-electron chi connectivity index (χ2n) is 5.60. The zero-order chi connectivity index (χ0) is 15.9. The smallest absolute Gasteiger partial charge is 0.321 e. The van der Waals surface area contributed by atoms with E-state index < -0.39 is 10.8 Å². The van der Waals surface area contributed by atoms with Crippen molar-refractivity contribution in [3.63, 3.8) is 0 Å². The van der Waals surface area contributed by atoms with Gasteiger partial charge >= 0.3 is 6.03 Å². The number of anilines is 1. The molecule has 1 aliphatic heterocycles. The molecule has 22 heavy (non-hydrogen) atoms. The fourth-order valence-corrected chi connectivity index (χ4v) is 4.08. The van der Waals surface area contributed by atoms with Crippen LogP contribution >= 0.6 is 11.8 Å². The first-order valence-electron chi connectivity index (χ1n) is 7.57. The van der Waals surface area contributed by atoms with E-state index in [1.54, 1.807) is 6.26 Å². The van der Waals surface area contributed by atoms with Gasteiger partial charge in [-0.1, -0.05) is 24.6 Å². The molecule has 0 aromatic heterocycles. The zero-order valence-corrected chi connectivity index (χ0v) is 14.8. The van der Waals surface area contributed by atoms with Gasteiger partial charge in [-0.2, -0.15) is 11.8 Å². The lowest BCUT2D eigenvalue weighted by atomic mass is 10.2. The maximum Gasteiger partial charge on any atom is 0.321 e. The monoisotopic (exact) mass is 340 g/mol. The molecular formula is C16H24N2O2S2. The Morgan fingerprint density at radius 3 is 2.91 bits per heavy atom. The van der Waals surface area contributed by atoms with Gasteiger partial charge in [-0.05, 0) is 30.7 Å². The predicted molar refractivity (Wildman–Crippen MR) is 96.0 cm³/mol. The Morgan fingerprint density at radius 2 is 2.18 bits per heavy atom. The number of hydrogen-bond donors (Lipinski definition) is 1. The first kappa shape index (κ1) is 17.3. The van der Waals surface area contributed by atoms with Crippen molar-refractivity contribution in [3.05, 3.63) is 29.8 Å². The van der Waals surface area contributed by atoms with Crippen molar-refractivity contribution in [1.82, 2.24) is 4.90 Å². The molecule has 1 saturated heterocycles. The Labute approximate surface area is 139 Å². The van der Waals surface area contributed by atoms with Crippen LogP contribution < -0.4 is 5.32 Å². The summed E-state index contributed by atoms with van der Waals surface area (Å²) < 4.78 is 11.5. The number of benzene rings is 1. The Balaban J connectivity index is 2.06. The minimum absolute atomic E-state index is 0.0460. The van der Waals surface area contributed by atoms with Crippen molar-refractivity contribution < 1.29 is 9.00 Å². The highest BCUT2D eigenvalue weighted by Gasteiger charge is 2.22. The molecule has 4 nitrogen and oxygen atoms in total. The lowest BCUT2D eigenvalue weighted by Gasteiger charge is -2.24. The van der Waals surface area contributed by atoms with E-state index >= 15 is 0 Å². The average Bonchev–Trinajstić information content (AvgIpc) is 2.74. The quantitative estimate of drug-likeness (QED) is 0.915. The standard InChI is InChI=1S/C16H24N2O2S2/c1-21-14-8-5-6-10-18(11-14)16(19)17-15-9-4-3-7-13(15)12-22(2)20/h3-4,7,9,14H,5-6,8,10-12H2,1-2H3,(H,17,19)/t14-,22-/m1/s1. The molecule has 1 aromatic carbocycles. The number of amides is 2. The van der Waals surface area contributed by atoms with Gasteiger partial charge in [0.2, 0.25) is 0 Å². The normalized spacial score (nSPS) is 20.3. The number of likely N-dealkylation sites (tertiary alicyclic amines) is 1. The van der Waals surface area contributed by atoms with Gasteiger partial charge in [0, 0.05) is 41.1 Å². The summed E-state index contributed by atoms with van der Waals surface area (Å²) in [6.07, 6.45) is 7.20. The molecule has 1 aliphatic rings. The summed E-state index contributed by atoms with van der Waals surface area (Å²) in [4.78, 5) is 14.5. The van der Waals surface area contributed by atoms with Crippen molar-refractivity contribution in [2.24, 2.45) is 0 Å². The number of nitrogens with one attached hydrogen (secondary N) is 1. The Bertz CT molecular complexity index is 537. The van der Waals surface area contributed by atoms with Crippen molar-refractivity contribution in [2.45, 2.75) is 30.3 Å². The van der Waals surface area contributed by atoms with Crippen molar-refractivity contribution in [1.29, 1.82) is 0 Å². The number of thioether (sulfide) groups is 1. The van der Waals surface area contributed by atoms with Crippen molar-refractivity contribution in [3.8, 4) is 0 Å². The Hall–Kier alpha value is -1.01. The number of carbonyl (C=O) groups excluding carboxylic acids is 1. The Morgan fingerprint density at radius 1 is 1.41 bits per heavy atom. The van der Waals surface area contributed by atoms with E-state index in [0.717, 1.165) is 30.8 Å². The van der Waals surface area contributed by atoms with Gasteiger partial charge in [0.25, 0.3) is 0 Å².